The molecule has 0 atom stereocenters. The van der Waals surface area contributed by atoms with Gasteiger partial charge in [0.1, 0.15) is 0 Å². The maximum Gasteiger partial charge on any atom is 0.171 e. The molecule has 0 aliphatic rings. The maximum absolute atomic E-state index is 8.66. The number of nitrogens with two attached hydrogens (primary N) is 1. The minimum Gasteiger partial charge on any atom is -0.409 e. The molecular formula is C11H16N2O2S. The molecule has 0 saturated carbocycles. The van der Waals surface area contributed by atoms with Crippen molar-refractivity contribution in [1.82, 2.24) is 0 Å². The lowest BCUT2D eigenvalue weighted by Crippen LogP contribution is -2.14. The average molecular weight is 240 g/mol. The average Bonchev–Trinajstić information content (AvgIpc) is 2.34. The second-order valence-corrected chi connectivity index (χ2v) is 4.31. The van der Waals surface area contributed by atoms with Gasteiger partial charge in [-0.2, -0.15) is 0 Å². The Labute approximate surface area is 99.5 Å². The summed E-state index contributed by atoms with van der Waals surface area (Å²) in [6, 6.07) is 7.61. The molecule has 0 heterocycles. The normalized spacial score (nSPS) is 11.7. The second kappa shape index (κ2) is 7.14. The molecule has 0 amide bonds. The fourth-order valence-corrected chi connectivity index (χ4v) is 2.23. The number of hydrogen-bond acceptors (Lipinski definition) is 4. The third-order valence-electron chi connectivity index (χ3n) is 2.02. The first-order chi connectivity index (χ1) is 7.79. The minimum absolute atomic E-state index is 0.148. The first-order valence-corrected chi connectivity index (χ1v) is 5.96. The van der Waals surface area contributed by atoms with Gasteiger partial charge in [0.05, 0.1) is 0 Å². The molecule has 0 fully saturated rings. The maximum atomic E-state index is 8.66. The predicted octanol–water partition coefficient (Wildman–Crippen LogP) is 1.91. The highest BCUT2D eigenvalue weighted by molar-refractivity contribution is 7.99. The van der Waals surface area contributed by atoms with Gasteiger partial charge in [-0.25, -0.2) is 0 Å². The topological polar surface area (TPSA) is 67.8 Å². The Balaban J connectivity index is 2.64. The molecule has 1 aromatic rings. The summed E-state index contributed by atoms with van der Waals surface area (Å²) in [5.41, 5.74) is 6.36. The van der Waals surface area contributed by atoms with Crippen molar-refractivity contribution in [3.63, 3.8) is 0 Å². The van der Waals surface area contributed by atoms with Gasteiger partial charge in [-0.3, -0.25) is 0 Å². The lowest BCUT2D eigenvalue weighted by molar-refractivity contribution is 0.200. The molecule has 88 valence electrons. The molecule has 4 nitrogen and oxygen atoms in total. The smallest absolute Gasteiger partial charge is 0.171 e. The molecule has 16 heavy (non-hydrogen) atoms. The van der Waals surface area contributed by atoms with Crippen LogP contribution in [-0.4, -0.2) is 30.5 Å². The summed E-state index contributed by atoms with van der Waals surface area (Å²) in [7, 11) is 1.69. The van der Waals surface area contributed by atoms with E-state index in [0.29, 0.717) is 0 Å². The van der Waals surface area contributed by atoms with Crippen LogP contribution in [0, 0.1) is 0 Å². The fraction of sp³-hybridized carbons (Fsp3) is 0.364. The van der Waals surface area contributed by atoms with Crippen molar-refractivity contribution < 1.29 is 9.94 Å². The molecule has 1 rings (SSSR count). The van der Waals surface area contributed by atoms with Crippen LogP contribution >= 0.6 is 11.8 Å². The molecule has 5 heteroatoms. The SMILES string of the molecule is COCCCSc1ccccc1C(N)=NO. The Morgan fingerprint density at radius 2 is 2.25 bits per heavy atom. The van der Waals surface area contributed by atoms with Gasteiger partial charge in [0, 0.05) is 29.9 Å². The van der Waals surface area contributed by atoms with Gasteiger partial charge in [-0.15, -0.1) is 11.8 Å². The van der Waals surface area contributed by atoms with Crippen molar-refractivity contribution in [2.45, 2.75) is 11.3 Å². The molecule has 0 saturated heterocycles. The first kappa shape index (κ1) is 12.9. The summed E-state index contributed by atoms with van der Waals surface area (Å²) in [5, 5.41) is 11.7. The number of amidine groups is 1. The molecule has 0 aromatic heterocycles. The Bertz CT molecular complexity index is 356. The van der Waals surface area contributed by atoms with Crippen LogP contribution in [0.5, 0.6) is 0 Å². The number of rotatable bonds is 6. The van der Waals surface area contributed by atoms with E-state index in [1.165, 1.54) is 0 Å². The van der Waals surface area contributed by atoms with Gasteiger partial charge >= 0.3 is 0 Å². The molecule has 0 unspecified atom stereocenters. The first-order valence-electron chi connectivity index (χ1n) is 4.98. The monoisotopic (exact) mass is 240 g/mol. The van der Waals surface area contributed by atoms with E-state index in [2.05, 4.69) is 5.16 Å². The summed E-state index contributed by atoms with van der Waals surface area (Å²) in [6.07, 6.45) is 0.978. The van der Waals surface area contributed by atoms with Crippen LogP contribution in [0.4, 0.5) is 0 Å². The van der Waals surface area contributed by atoms with E-state index in [1.807, 2.05) is 24.3 Å². The number of ether oxygens (including phenoxy) is 1. The zero-order valence-corrected chi connectivity index (χ0v) is 10.0. The molecule has 0 radical (unpaired) electrons. The number of benzene rings is 1. The van der Waals surface area contributed by atoms with Gasteiger partial charge in [-0.05, 0) is 12.5 Å². The second-order valence-electron chi connectivity index (χ2n) is 3.18. The van der Waals surface area contributed by atoms with Crippen molar-refractivity contribution in [3.05, 3.63) is 29.8 Å². The standard InChI is InChI=1S/C11H16N2O2S/c1-15-7-4-8-16-10-6-3-2-5-9(10)11(12)13-14/h2-3,5-6,14H,4,7-8H2,1H3,(H2,12,13). The highest BCUT2D eigenvalue weighted by atomic mass is 32.2. The molecule has 3 N–H and O–H groups in total. The van der Waals surface area contributed by atoms with E-state index in [-0.39, 0.29) is 5.84 Å². The molecular weight excluding hydrogens is 224 g/mol. The van der Waals surface area contributed by atoms with E-state index in [4.69, 9.17) is 15.7 Å². The summed E-state index contributed by atoms with van der Waals surface area (Å²) in [5.74, 6) is 1.10. The summed E-state index contributed by atoms with van der Waals surface area (Å²) in [6.45, 7) is 0.749. The fourth-order valence-electron chi connectivity index (χ4n) is 1.24. The molecule has 0 bridgehead atoms. The van der Waals surface area contributed by atoms with Crippen molar-refractivity contribution in [2.75, 3.05) is 19.5 Å². The number of nitrogens with zero attached hydrogens (tertiary/aromatic N) is 1. The van der Waals surface area contributed by atoms with Gasteiger partial charge in [0.15, 0.2) is 5.84 Å². The summed E-state index contributed by atoms with van der Waals surface area (Å²) in [4.78, 5) is 1.02. The summed E-state index contributed by atoms with van der Waals surface area (Å²) >= 11 is 1.68. The Hall–Kier alpha value is -1.20. The highest BCUT2D eigenvalue weighted by Crippen LogP contribution is 2.22. The molecule has 0 spiro atoms. The van der Waals surface area contributed by atoms with E-state index >= 15 is 0 Å². The Morgan fingerprint density at radius 1 is 1.50 bits per heavy atom. The lowest BCUT2D eigenvalue weighted by Gasteiger charge is -2.07. The van der Waals surface area contributed by atoms with Crippen LogP contribution in [0.1, 0.15) is 12.0 Å². The minimum atomic E-state index is 0.148. The number of oxime groups is 1. The van der Waals surface area contributed by atoms with Gasteiger partial charge < -0.3 is 15.7 Å². The lowest BCUT2D eigenvalue weighted by atomic mass is 10.2. The highest BCUT2D eigenvalue weighted by Gasteiger charge is 2.06. The third-order valence-corrected chi connectivity index (χ3v) is 3.18. The van der Waals surface area contributed by atoms with E-state index in [1.54, 1.807) is 18.9 Å². The van der Waals surface area contributed by atoms with Crippen molar-refractivity contribution >= 4 is 17.6 Å². The zero-order chi connectivity index (χ0) is 11.8. The van der Waals surface area contributed by atoms with Crippen molar-refractivity contribution in [2.24, 2.45) is 10.9 Å². The molecule has 0 aliphatic carbocycles. The third kappa shape index (κ3) is 3.75. The van der Waals surface area contributed by atoms with Crippen LogP contribution in [0.25, 0.3) is 0 Å². The van der Waals surface area contributed by atoms with Crippen LogP contribution in [0.2, 0.25) is 0 Å². The quantitative estimate of drug-likeness (QED) is 0.199. The largest absolute Gasteiger partial charge is 0.409 e. The van der Waals surface area contributed by atoms with Crippen LogP contribution in [0.15, 0.2) is 34.3 Å². The predicted molar refractivity (Wildman–Crippen MR) is 66.2 cm³/mol. The van der Waals surface area contributed by atoms with Crippen molar-refractivity contribution in [3.8, 4) is 0 Å². The van der Waals surface area contributed by atoms with E-state index in [9.17, 15) is 0 Å². The van der Waals surface area contributed by atoms with Crippen LogP contribution in [-0.2, 0) is 4.74 Å². The van der Waals surface area contributed by atoms with Gasteiger partial charge in [0.2, 0.25) is 0 Å². The molecule has 0 aliphatic heterocycles. The number of hydrogen-bond donors (Lipinski definition) is 2. The summed E-state index contributed by atoms with van der Waals surface area (Å²) < 4.78 is 4.98. The van der Waals surface area contributed by atoms with Crippen molar-refractivity contribution in [1.29, 1.82) is 0 Å². The van der Waals surface area contributed by atoms with Crippen LogP contribution < -0.4 is 5.73 Å². The van der Waals surface area contributed by atoms with Gasteiger partial charge in [0.25, 0.3) is 0 Å². The van der Waals surface area contributed by atoms with E-state index < -0.39 is 0 Å². The molecule has 1 aromatic carbocycles. The zero-order valence-electron chi connectivity index (χ0n) is 9.22. The number of methoxy groups -OCH3 is 1. The Morgan fingerprint density at radius 3 is 2.94 bits per heavy atom. The van der Waals surface area contributed by atoms with Gasteiger partial charge in [-0.1, -0.05) is 23.4 Å². The number of thioether (sulfide) groups is 1. The van der Waals surface area contributed by atoms with E-state index in [0.717, 1.165) is 29.2 Å². The Kier molecular flexibility index (Phi) is 5.74. The van der Waals surface area contributed by atoms with Crippen LogP contribution in [0.3, 0.4) is 0 Å².